The monoisotopic (exact) mass is 276 g/mol. The van der Waals surface area contributed by atoms with Crippen LogP contribution in [0, 0.1) is 0 Å². The molecular weight excluding hydrogens is 260 g/mol. The van der Waals surface area contributed by atoms with E-state index >= 15 is 0 Å². The quantitative estimate of drug-likeness (QED) is 0.645. The van der Waals surface area contributed by atoms with Crippen LogP contribution < -0.4 is 0 Å². The lowest BCUT2D eigenvalue weighted by atomic mass is 10.0. The molecule has 0 amide bonds. The minimum absolute atomic E-state index is 0.288. The third-order valence-electron chi connectivity index (χ3n) is 3.55. The normalized spacial score (nSPS) is 12.0. The maximum Gasteiger partial charge on any atom is 0.338 e. The molecule has 21 heavy (non-hydrogen) atoms. The number of carbonyl (C=O) groups excluding carboxylic acids is 1. The Balaban J connectivity index is 1.88. The van der Waals surface area contributed by atoms with Crippen molar-refractivity contribution in [1.29, 1.82) is 0 Å². The molecular formula is C19H16O2. The number of hydrogen-bond acceptors (Lipinski definition) is 2. The Hall–Kier alpha value is -2.61. The van der Waals surface area contributed by atoms with Gasteiger partial charge in [-0.05, 0) is 35.4 Å². The van der Waals surface area contributed by atoms with E-state index in [1.807, 2.05) is 49.4 Å². The Labute approximate surface area is 124 Å². The van der Waals surface area contributed by atoms with E-state index < -0.39 is 0 Å². The number of hydrogen-bond donors (Lipinski definition) is 0. The van der Waals surface area contributed by atoms with E-state index in [0.717, 1.165) is 16.3 Å². The summed E-state index contributed by atoms with van der Waals surface area (Å²) in [5.74, 6) is -0.295. The second-order valence-corrected chi connectivity index (χ2v) is 4.98. The van der Waals surface area contributed by atoms with Gasteiger partial charge in [0.1, 0.15) is 6.10 Å². The SMILES string of the molecule is C[C@H](OC(=O)c1ccccc1)c1cccc2ccccc12. The third kappa shape index (κ3) is 2.79. The predicted octanol–water partition coefficient (Wildman–Crippen LogP) is 4.76. The molecule has 104 valence electrons. The Morgan fingerprint density at radius 2 is 1.52 bits per heavy atom. The fourth-order valence-corrected chi connectivity index (χ4v) is 2.47. The van der Waals surface area contributed by atoms with Crippen LogP contribution in [0.2, 0.25) is 0 Å². The highest BCUT2D eigenvalue weighted by Crippen LogP contribution is 2.26. The topological polar surface area (TPSA) is 26.3 Å². The van der Waals surface area contributed by atoms with E-state index in [1.54, 1.807) is 12.1 Å². The van der Waals surface area contributed by atoms with Gasteiger partial charge in [0.15, 0.2) is 0 Å². The summed E-state index contributed by atoms with van der Waals surface area (Å²) >= 11 is 0. The fourth-order valence-electron chi connectivity index (χ4n) is 2.47. The van der Waals surface area contributed by atoms with Gasteiger partial charge >= 0.3 is 5.97 Å². The van der Waals surface area contributed by atoms with Crippen molar-refractivity contribution in [2.75, 3.05) is 0 Å². The van der Waals surface area contributed by atoms with Gasteiger partial charge in [-0.25, -0.2) is 4.79 Å². The van der Waals surface area contributed by atoms with Gasteiger partial charge in [-0.2, -0.15) is 0 Å². The molecule has 0 fully saturated rings. The van der Waals surface area contributed by atoms with Crippen molar-refractivity contribution in [1.82, 2.24) is 0 Å². The number of rotatable bonds is 3. The van der Waals surface area contributed by atoms with E-state index in [-0.39, 0.29) is 12.1 Å². The molecule has 0 unspecified atom stereocenters. The minimum Gasteiger partial charge on any atom is -0.454 e. The molecule has 0 bridgehead atoms. The minimum atomic E-state index is -0.295. The van der Waals surface area contributed by atoms with Crippen molar-refractivity contribution >= 4 is 16.7 Å². The summed E-state index contributed by atoms with van der Waals surface area (Å²) in [6.07, 6.45) is -0.288. The van der Waals surface area contributed by atoms with E-state index in [4.69, 9.17) is 4.74 Å². The summed E-state index contributed by atoms with van der Waals surface area (Å²) in [6.45, 7) is 1.91. The summed E-state index contributed by atoms with van der Waals surface area (Å²) < 4.78 is 5.59. The Morgan fingerprint density at radius 1 is 0.857 bits per heavy atom. The first-order valence-corrected chi connectivity index (χ1v) is 6.99. The molecule has 3 aromatic carbocycles. The Kier molecular flexibility index (Phi) is 3.69. The zero-order chi connectivity index (χ0) is 14.7. The summed E-state index contributed by atoms with van der Waals surface area (Å²) in [7, 11) is 0. The van der Waals surface area contributed by atoms with Crippen LogP contribution in [0.5, 0.6) is 0 Å². The number of esters is 1. The van der Waals surface area contributed by atoms with E-state index in [0.29, 0.717) is 5.56 Å². The molecule has 3 aromatic rings. The maximum atomic E-state index is 12.1. The van der Waals surface area contributed by atoms with Crippen molar-refractivity contribution in [2.24, 2.45) is 0 Å². The van der Waals surface area contributed by atoms with Crippen LogP contribution in [-0.2, 0) is 4.74 Å². The molecule has 0 aliphatic carbocycles. The van der Waals surface area contributed by atoms with Crippen molar-refractivity contribution in [3.8, 4) is 0 Å². The van der Waals surface area contributed by atoms with Gasteiger partial charge in [0.2, 0.25) is 0 Å². The highest BCUT2D eigenvalue weighted by molar-refractivity contribution is 5.90. The standard InChI is InChI=1S/C19H16O2/c1-14(21-19(20)16-9-3-2-4-10-16)17-13-7-11-15-8-5-6-12-18(15)17/h2-14H,1H3/t14-/m0/s1. The number of fused-ring (bicyclic) bond motifs is 1. The molecule has 1 atom stereocenters. The van der Waals surface area contributed by atoms with Crippen LogP contribution in [0.1, 0.15) is 28.9 Å². The van der Waals surface area contributed by atoms with E-state index in [9.17, 15) is 4.79 Å². The maximum absolute atomic E-state index is 12.1. The van der Waals surface area contributed by atoms with E-state index in [2.05, 4.69) is 18.2 Å². The summed E-state index contributed by atoms with van der Waals surface area (Å²) in [4.78, 5) is 12.1. The second kappa shape index (κ2) is 5.80. The molecule has 0 heterocycles. The van der Waals surface area contributed by atoms with Gasteiger partial charge in [-0.1, -0.05) is 60.7 Å². The molecule has 0 aliphatic rings. The highest BCUT2D eigenvalue weighted by atomic mass is 16.5. The second-order valence-electron chi connectivity index (χ2n) is 4.98. The van der Waals surface area contributed by atoms with Crippen molar-refractivity contribution < 1.29 is 9.53 Å². The molecule has 0 saturated carbocycles. The smallest absolute Gasteiger partial charge is 0.338 e. The molecule has 0 aliphatic heterocycles. The van der Waals surface area contributed by atoms with Crippen LogP contribution in [0.25, 0.3) is 10.8 Å². The molecule has 0 saturated heterocycles. The zero-order valence-corrected chi connectivity index (χ0v) is 11.8. The molecule has 3 rings (SSSR count). The number of carbonyl (C=O) groups is 1. The zero-order valence-electron chi connectivity index (χ0n) is 11.8. The lowest BCUT2D eigenvalue weighted by Crippen LogP contribution is -2.09. The molecule has 2 heteroatoms. The summed E-state index contributed by atoms with van der Waals surface area (Å²) in [6, 6.07) is 23.2. The van der Waals surface area contributed by atoms with Crippen LogP contribution in [0.4, 0.5) is 0 Å². The lowest BCUT2D eigenvalue weighted by molar-refractivity contribution is 0.0341. The molecule has 0 spiro atoms. The lowest BCUT2D eigenvalue weighted by Gasteiger charge is -2.16. The highest BCUT2D eigenvalue weighted by Gasteiger charge is 2.15. The molecule has 0 N–H and O–H groups in total. The Morgan fingerprint density at radius 3 is 2.33 bits per heavy atom. The summed E-state index contributed by atoms with van der Waals surface area (Å²) in [5.41, 5.74) is 1.60. The average Bonchev–Trinajstić information content (AvgIpc) is 2.55. The number of ether oxygens (including phenoxy) is 1. The van der Waals surface area contributed by atoms with Gasteiger partial charge < -0.3 is 4.74 Å². The summed E-state index contributed by atoms with van der Waals surface area (Å²) in [5, 5.41) is 2.27. The first-order valence-electron chi connectivity index (χ1n) is 6.99. The van der Waals surface area contributed by atoms with Crippen LogP contribution in [-0.4, -0.2) is 5.97 Å². The van der Waals surface area contributed by atoms with Crippen LogP contribution in [0.3, 0.4) is 0 Å². The largest absolute Gasteiger partial charge is 0.454 e. The van der Waals surface area contributed by atoms with Gasteiger partial charge in [0, 0.05) is 0 Å². The predicted molar refractivity (Wildman–Crippen MR) is 84.2 cm³/mol. The third-order valence-corrected chi connectivity index (χ3v) is 3.55. The van der Waals surface area contributed by atoms with Crippen molar-refractivity contribution in [3.05, 3.63) is 83.9 Å². The molecule has 2 nitrogen and oxygen atoms in total. The van der Waals surface area contributed by atoms with Gasteiger partial charge in [0.25, 0.3) is 0 Å². The first-order chi connectivity index (χ1) is 10.3. The number of benzene rings is 3. The first kappa shape index (κ1) is 13.4. The van der Waals surface area contributed by atoms with Gasteiger partial charge in [0.05, 0.1) is 5.56 Å². The van der Waals surface area contributed by atoms with Crippen LogP contribution >= 0.6 is 0 Å². The molecule has 0 aromatic heterocycles. The van der Waals surface area contributed by atoms with Crippen LogP contribution in [0.15, 0.2) is 72.8 Å². The average molecular weight is 276 g/mol. The Bertz CT molecular complexity index is 757. The van der Waals surface area contributed by atoms with Gasteiger partial charge in [-0.3, -0.25) is 0 Å². The van der Waals surface area contributed by atoms with E-state index in [1.165, 1.54) is 0 Å². The van der Waals surface area contributed by atoms with Crippen molar-refractivity contribution in [2.45, 2.75) is 13.0 Å². The van der Waals surface area contributed by atoms with Crippen molar-refractivity contribution in [3.63, 3.8) is 0 Å². The van der Waals surface area contributed by atoms with Gasteiger partial charge in [-0.15, -0.1) is 0 Å². The molecule has 0 radical (unpaired) electrons. The fraction of sp³-hybridized carbons (Fsp3) is 0.105.